The monoisotopic (exact) mass is 335 g/mol. The predicted molar refractivity (Wildman–Crippen MR) is 97.3 cm³/mol. The number of nitrogens with one attached hydrogen (secondary N) is 1. The first kappa shape index (κ1) is 16.9. The molecule has 0 unspecified atom stereocenters. The van der Waals surface area contributed by atoms with Crippen LogP contribution < -0.4 is 5.32 Å². The van der Waals surface area contributed by atoms with Crippen molar-refractivity contribution in [3.63, 3.8) is 0 Å². The fraction of sp³-hybridized carbons (Fsp3) is 0.250. The highest BCUT2D eigenvalue weighted by Crippen LogP contribution is 2.17. The fourth-order valence-electron chi connectivity index (χ4n) is 2.67. The second-order valence-corrected chi connectivity index (χ2v) is 6.30. The van der Waals surface area contributed by atoms with Crippen LogP contribution in [0.4, 0.5) is 5.69 Å². The highest BCUT2D eigenvalue weighted by Gasteiger charge is 2.11. The van der Waals surface area contributed by atoms with Crippen molar-refractivity contribution >= 4 is 11.6 Å². The molecule has 0 aliphatic heterocycles. The third-order valence-electron chi connectivity index (χ3n) is 3.85. The molecule has 1 N–H and O–H groups in total. The van der Waals surface area contributed by atoms with E-state index in [1.54, 1.807) is 0 Å². The zero-order valence-corrected chi connectivity index (χ0v) is 14.7. The van der Waals surface area contributed by atoms with Crippen LogP contribution in [-0.4, -0.2) is 16.0 Å². The molecule has 0 radical (unpaired) electrons. The van der Waals surface area contributed by atoms with E-state index in [1.165, 1.54) is 5.56 Å². The number of hydrogen-bond donors (Lipinski definition) is 1. The van der Waals surface area contributed by atoms with Crippen molar-refractivity contribution in [2.24, 2.45) is 0 Å². The lowest BCUT2D eigenvalue weighted by Crippen LogP contribution is -2.12. The molecule has 0 aliphatic carbocycles. The molecule has 1 aromatic heterocycles. The number of hydrogen-bond acceptors (Lipinski definition) is 4. The Morgan fingerprint density at radius 3 is 2.36 bits per heavy atom. The van der Waals surface area contributed by atoms with Gasteiger partial charge in [-0.2, -0.15) is 4.98 Å². The van der Waals surface area contributed by atoms with Gasteiger partial charge in [0.2, 0.25) is 17.6 Å². The molecule has 0 fully saturated rings. The number of aryl methyl sites for hydroxylation is 4. The van der Waals surface area contributed by atoms with Gasteiger partial charge in [-0.25, -0.2) is 0 Å². The number of benzene rings is 2. The molecule has 0 aliphatic rings. The van der Waals surface area contributed by atoms with Gasteiger partial charge in [0.1, 0.15) is 0 Å². The van der Waals surface area contributed by atoms with E-state index >= 15 is 0 Å². The first-order valence-corrected chi connectivity index (χ1v) is 8.27. The van der Waals surface area contributed by atoms with E-state index in [0.717, 1.165) is 22.4 Å². The lowest BCUT2D eigenvalue weighted by Gasteiger charge is -2.06. The van der Waals surface area contributed by atoms with Gasteiger partial charge < -0.3 is 9.84 Å². The second kappa shape index (κ2) is 7.30. The van der Waals surface area contributed by atoms with Crippen LogP contribution in [0.1, 0.15) is 29.0 Å². The first-order valence-electron chi connectivity index (χ1n) is 8.27. The zero-order chi connectivity index (χ0) is 17.8. The summed E-state index contributed by atoms with van der Waals surface area (Å²) in [5.74, 6) is 0.941. The van der Waals surface area contributed by atoms with Gasteiger partial charge in [-0.15, -0.1) is 0 Å². The highest BCUT2D eigenvalue weighted by molar-refractivity contribution is 5.90. The van der Waals surface area contributed by atoms with Gasteiger partial charge in [-0.1, -0.05) is 41.1 Å². The molecule has 1 heterocycles. The average Bonchev–Trinajstić information content (AvgIpc) is 3.01. The Morgan fingerprint density at radius 2 is 1.68 bits per heavy atom. The van der Waals surface area contributed by atoms with Crippen LogP contribution in [0.2, 0.25) is 0 Å². The van der Waals surface area contributed by atoms with Crippen molar-refractivity contribution in [2.45, 2.75) is 33.6 Å². The van der Waals surface area contributed by atoms with Crippen LogP contribution in [0.5, 0.6) is 0 Å². The normalized spacial score (nSPS) is 10.7. The summed E-state index contributed by atoms with van der Waals surface area (Å²) < 4.78 is 5.25. The molecule has 0 spiro atoms. The number of nitrogens with zero attached hydrogens (tertiary/aromatic N) is 2. The quantitative estimate of drug-likeness (QED) is 0.757. The third-order valence-corrected chi connectivity index (χ3v) is 3.85. The molecule has 3 aromatic rings. The minimum atomic E-state index is -0.0694. The maximum Gasteiger partial charge on any atom is 0.227 e. The Bertz CT molecular complexity index is 862. The maximum absolute atomic E-state index is 12.1. The Labute approximate surface area is 147 Å². The van der Waals surface area contributed by atoms with E-state index in [0.29, 0.717) is 24.6 Å². The summed E-state index contributed by atoms with van der Waals surface area (Å²) in [5.41, 5.74) is 5.13. The minimum absolute atomic E-state index is 0.0694. The van der Waals surface area contributed by atoms with E-state index in [9.17, 15) is 4.79 Å². The van der Waals surface area contributed by atoms with Crippen LogP contribution >= 0.6 is 0 Å². The number of anilines is 1. The van der Waals surface area contributed by atoms with E-state index in [-0.39, 0.29) is 5.91 Å². The molecule has 0 atom stereocenters. The topological polar surface area (TPSA) is 68.0 Å². The molecule has 2 aromatic carbocycles. The van der Waals surface area contributed by atoms with Crippen LogP contribution in [0.15, 0.2) is 47.0 Å². The molecule has 3 rings (SSSR count). The number of carbonyl (C=O) groups is 1. The standard InChI is InChI=1S/C20H21N3O2/c1-13-4-6-16(7-5-13)20-22-19(25-23-20)9-8-18(24)21-17-11-14(2)10-15(3)12-17/h4-7,10-12H,8-9H2,1-3H3,(H,21,24). The van der Waals surface area contributed by atoms with Crippen molar-refractivity contribution in [1.29, 1.82) is 0 Å². The van der Waals surface area contributed by atoms with Crippen LogP contribution in [0.3, 0.4) is 0 Å². The molecule has 25 heavy (non-hydrogen) atoms. The van der Waals surface area contributed by atoms with Crippen LogP contribution in [0.25, 0.3) is 11.4 Å². The van der Waals surface area contributed by atoms with Crippen molar-refractivity contribution in [1.82, 2.24) is 10.1 Å². The summed E-state index contributed by atoms with van der Waals surface area (Å²) in [4.78, 5) is 16.5. The summed E-state index contributed by atoms with van der Waals surface area (Å²) >= 11 is 0. The first-order chi connectivity index (χ1) is 12.0. The van der Waals surface area contributed by atoms with Crippen molar-refractivity contribution in [3.05, 3.63) is 65.0 Å². The van der Waals surface area contributed by atoms with Gasteiger partial charge in [0, 0.05) is 24.1 Å². The number of amides is 1. The molecular formula is C20H21N3O2. The lowest BCUT2D eigenvalue weighted by molar-refractivity contribution is -0.116. The summed E-state index contributed by atoms with van der Waals surface area (Å²) in [6.45, 7) is 6.04. The number of aromatic nitrogens is 2. The largest absolute Gasteiger partial charge is 0.339 e. The van der Waals surface area contributed by atoms with Crippen LogP contribution in [0, 0.1) is 20.8 Å². The zero-order valence-electron chi connectivity index (χ0n) is 14.7. The van der Waals surface area contributed by atoms with Gasteiger partial charge in [-0.3, -0.25) is 4.79 Å². The molecule has 5 heteroatoms. The molecular weight excluding hydrogens is 314 g/mol. The molecule has 1 amide bonds. The van der Waals surface area contributed by atoms with Gasteiger partial charge in [-0.05, 0) is 44.0 Å². The smallest absolute Gasteiger partial charge is 0.227 e. The van der Waals surface area contributed by atoms with E-state index in [1.807, 2.05) is 57.2 Å². The summed E-state index contributed by atoms with van der Waals surface area (Å²) in [5, 5.41) is 6.89. The summed E-state index contributed by atoms with van der Waals surface area (Å²) in [6, 6.07) is 13.9. The van der Waals surface area contributed by atoms with Crippen molar-refractivity contribution in [2.75, 3.05) is 5.32 Å². The predicted octanol–water partition coefficient (Wildman–Crippen LogP) is 4.23. The van der Waals surface area contributed by atoms with Gasteiger partial charge in [0.05, 0.1) is 0 Å². The fourth-order valence-corrected chi connectivity index (χ4v) is 2.67. The average molecular weight is 335 g/mol. The van der Waals surface area contributed by atoms with Gasteiger partial charge in [0.15, 0.2) is 0 Å². The van der Waals surface area contributed by atoms with E-state index < -0.39 is 0 Å². The second-order valence-electron chi connectivity index (χ2n) is 6.30. The number of carbonyl (C=O) groups excluding carboxylic acids is 1. The Hall–Kier alpha value is -2.95. The Morgan fingerprint density at radius 1 is 1.00 bits per heavy atom. The van der Waals surface area contributed by atoms with Crippen molar-refractivity contribution in [3.8, 4) is 11.4 Å². The van der Waals surface area contributed by atoms with E-state index in [2.05, 4.69) is 21.5 Å². The maximum atomic E-state index is 12.1. The highest BCUT2D eigenvalue weighted by atomic mass is 16.5. The minimum Gasteiger partial charge on any atom is -0.339 e. The van der Waals surface area contributed by atoms with Gasteiger partial charge in [0.25, 0.3) is 0 Å². The Kier molecular flexibility index (Phi) is 4.93. The lowest BCUT2D eigenvalue weighted by atomic mass is 10.1. The molecule has 0 saturated heterocycles. The molecule has 0 bridgehead atoms. The Balaban J connectivity index is 1.58. The molecule has 128 valence electrons. The third kappa shape index (κ3) is 4.53. The SMILES string of the molecule is Cc1ccc(-c2noc(CCC(=O)Nc3cc(C)cc(C)c3)n2)cc1. The van der Waals surface area contributed by atoms with Gasteiger partial charge >= 0.3 is 0 Å². The van der Waals surface area contributed by atoms with Crippen molar-refractivity contribution < 1.29 is 9.32 Å². The summed E-state index contributed by atoms with van der Waals surface area (Å²) in [6.07, 6.45) is 0.706. The molecule has 0 saturated carbocycles. The van der Waals surface area contributed by atoms with E-state index in [4.69, 9.17) is 4.52 Å². The number of rotatable bonds is 5. The van der Waals surface area contributed by atoms with Crippen LogP contribution in [-0.2, 0) is 11.2 Å². The molecule has 5 nitrogen and oxygen atoms in total. The summed E-state index contributed by atoms with van der Waals surface area (Å²) in [7, 11) is 0.